The number of hydrogen-bond acceptors (Lipinski definition) is 6. The standard InChI is InChI=1S/C16H12N2O5S/c17-10-14(24(22,23)11-12-4-2-1-3-5-12)8-13-6-7-16(19)15(9-13)18(20)21/h1-9,19H,11H2/b14-8+. The highest BCUT2D eigenvalue weighted by molar-refractivity contribution is 7.95. The monoisotopic (exact) mass is 344 g/mol. The third-order valence-electron chi connectivity index (χ3n) is 3.14. The molecule has 1 N–H and O–H groups in total. The van der Waals surface area contributed by atoms with Crippen LogP contribution < -0.4 is 0 Å². The Morgan fingerprint density at radius 3 is 2.50 bits per heavy atom. The SMILES string of the molecule is N#C/C(=C\c1ccc(O)c([N+](=O)[O-])c1)S(=O)(=O)Cc1ccccc1. The molecule has 0 aromatic heterocycles. The van der Waals surface area contributed by atoms with E-state index in [4.69, 9.17) is 5.26 Å². The van der Waals surface area contributed by atoms with Gasteiger partial charge in [-0.15, -0.1) is 0 Å². The molecule has 2 rings (SSSR count). The van der Waals surface area contributed by atoms with Crippen LogP contribution >= 0.6 is 0 Å². The molecule has 0 unspecified atom stereocenters. The quantitative estimate of drug-likeness (QED) is 0.505. The van der Waals surface area contributed by atoms with E-state index in [1.807, 2.05) is 0 Å². The summed E-state index contributed by atoms with van der Waals surface area (Å²) >= 11 is 0. The molecular formula is C16H12N2O5S. The second-order valence-corrected chi connectivity index (χ2v) is 6.83. The van der Waals surface area contributed by atoms with E-state index >= 15 is 0 Å². The van der Waals surface area contributed by atoms with E-state index in [9.17, 15) is 23.6 Å². The summed E-state index contributed by atoms with van der Waals surface area (Å²) in [5.74, 6) is -0.893. The van der Waals surface area contributed by atoms with E-state index in [2.05, 4.69) is 0 Å². The minimum atomic E-state index is -3.90. The Bertz CT molecular complexity index is 944. The molecule has 0 aliphatic rings. The van der Waals surface area contributed by atoms with Crippen LogP contribution in [0.4, 0.5) is 5.69 Å². The molecule has 2 aromatic carbocycles. The topological polar surface area (TPSA) is 121 Å². The average Bonchev–Trinajstić information content (AvgIpc) is 2.54. The predicted molar refractivity (Wildman–Crippen MR) is 87.4 cm³/mol. The fourth-order valence-corrected chi connectivity index (χ4v) is 3.23. The second-order valence-electron chi connectivity index (χ2n) is 4.87. The van der Waals surface area contributed by atoms with Crippen molar-refractivity contribution in [3.63, 3.8) is 0 Å². The van der Waals surface area contributed by atoms with E-state index in [1.54, 1.807) is 36.4 Å². The van der Waals surface area contributed by atoms with Gasteiger partial charge in [-0.3, -0.25) is 10.1 Å². The van der Waals surface area contributed by atoms with Gasteiger partial charge in [0.25, 0.3) is 0 Å². The van der Waals surface area contributed by atoms with Crippen LogP contribution in [0.1, 0.15) is 11.1 Å². The highest BCUT2D eigenvalue weighted by atomic mass is 32.2. The van der Waals surface area contributed by atoms with Crippen LogP contribution in [0.3, 0.4) is 0 Å². The van der Waals surface area contributed by atoms with Gasteiger partial charge in [0, 0.05) is 6.07 Å². The summed E-state index contributed by atoms with van der Waals surface area (Å²) in [6, 6.07) is 13.3. The highest BCUT2D eigenvalue weighted by Crippen LogP contribution is 2.28. The first kappa shape index (κ1) is 17.2. The lowest BCUT2D eigenvalue weighted by Crippen LogP contribution is -2.06. The van der Waals surface area contributed by atoms with Crippen molar-refractivity contribution in [3.8, 4) is 11.8 Å². The van der Waals surface area contributed by atoms with Crippen molar-refractivity contribution in [1.82, 2.24) is 0 Å². The van der Waals surface area contributed by atoms with Gasteiger partial charge in [0.2, 0.25) is 0 Å². The molecule has 0 heterocycles. The molecule has 0 bridgehead atoms. The number of hydrogen-bond donors (Lipinski definition) is 1. The van der Waals surface area contributed by atoms with Gasteiger partial charge in [0.05, 0.1) is 10.7 Å². The zero-order chi connectivity index (χ0) is 17.7. The molecule has 0 saturated carbocycles. The van der Waals surface area contributed by atoms with E-state index in [0.29, 0.717) is 5.56 Å². The molecule has 0 fully saturated rings. The molecule has 122 valence electrons. The van der Waals surface area contributed by atoms with Gasteiger partial charge in [0.15, 0.2) is 15.6 Å². The molecule has 24 heavy (non-hydrogen) atoms. The molecular weight excluding hydrogens is 332 g/mol. The molecule has 0 spiro atoms. The van der Waals surface area contributed by atoms with Gasteiger partial charge in [-0.1, -0.05) is 36.4 Å². The first-order chi connectivity index (χ1) is 11.3. The van der Waals surface area contributed by atoms with Crippen LogP contribution in [0.5, 0.6) is 5.75 Å². The van der Waals surface area contributed by atoms with Crippen molar-refractivity contribution in [1.29, 1.82) is 5.26 Å². The molecule has 7 nitrogen and oxygen atoms in total. The predicted octanol–water partition coefficient (Wildman–Crippen LogP) is 2.78. The molecule has 0 radical (unpaired) electrons. The number of nitriles is 1. The van der Waals surface area contributed by atoms with Crippen molar-refractivity contribution in [2.75, 3.05) is 0 Å². The summed E-state index contributed by atoms with van der Waals surface area (Å²) in [6.45, 7) is 0. The van der Waals surface area contributed by atoms with Gasteiger partial charge < -0.3 is 5.11 Å². The molecule has 0 aliphatic heterocycles. The Hall–Kier alpha value is -3.18. The van der Waals surface area contributed by atoms with Crippen LogP contribution in [-0.4, -0.2) is 18.4 Å². The Kier molecular flexibility index (Phi) is 4.96. The number of sulfone groups is 1. The number of aromatic hydroxyl groups is 1. The lowest BCUT2D eigenvalue weighted by Gasteiger charge is -2.04. The lowest BCUT2D eigenvalue weighted by molar-refractivity contribution is -0.385. The molecule has 0 aliphatic carbocycles. The Morgan fingerprint density at radius 1 is 1.25 bits per heavy atom. The zero-order valence-corrected chi connectivity index (χ0v) is 13.1. The van der Waals surface area contributed by atoms with Crippen LogP contribution in [-0.2, 0) is 15.6 Å². The van der Waals surface area contributed by atoms with Crippen LogP contribution in [0.2, 0.25) is 0 Å². The number of phenols is 1. The summed E-state index contributed by atoms with van der Waals surface area (Å²) in [6.07, 6.45) is 1.05. The maximum atomic E-state index is 12.3. The van der Waals surface area contributed by atoms with Gasteiger partial charge in [-0.05, 0) is 23.3 Å². The molecule has 0 saturated heterocycles. The first-order valence-corrected chi connectivity index (χ1v) is 8.34. The molecule has 2 aromatic rings. The van der Waals surface area contributed by atoms with E-state index in [1.165, 1.54) is 6.07 Å². The number of nitro groups is 1. The fourth-order valence-electron chi connectivity index (χ4n) is 1.99. The third-order valence-corrected chi connectivity index (χ3v) is 4.73. The number of allylic oxidation sites excluding steroid dienone is 1. The Labute approximate surface area is 138 Å². The summed E-state index contributed by atoms with van der Waals surface area (Å²) in [4.78, 5) is 9.51. The summed E-state index contributed by atoms with van der Waals surface area (Å²) < 4.78 is 24.7. The number of nitrogens with zero attached hydrogens (tertiary/aromatic N) is 2. The number of rotatable bonds is 5. The number of benzene rings is 2. The Morgan fingerprint density at radius 2 is 1.92 bits per heavy atom. The van der Waals surface area contributed by atoms with Crippen LogP contribution in [0, 0.1) is 21.4 Å². The highest BCUT2D eigenvalue weighted by Gasteiger charge is 2.20. The minimum Gasteiger partial charge on any atom is -0.502 e. The zero-order valence-electron chi connectivity index (χ0n) is 12.3. The Balaban J connectivity index is 2.41. The van der Waals surface area contributed by atoms with Gasteiger partial charge in [-0.25, -0.2) is 8.42 Å². The lowest BCUT2D eigenvalue weighted by atomic mass is 10.2. The number of nitro benzene ring substituents is 1. The van der Waals surface area contributed by atoms with E-state index in [0.717, 1.165) is 18.2 Å². The fraction of sp³-hybridized carbons (Fsp3) is 0.0625. The minimum absolute atomic E-state index is 0.132. The molecule has 8 heteroatoms. The molecule has 0 atom stereocenters. The third kappa shape index (κ3) is 3.97. The van der Waals surface area contributed by atoms with Gasteiger partial charge >= 0.3 is 5.69 Å². The average molecular weight is 344 g/mol. The van der Waals surface area contributed by atoms with Crippen LogP contribution in [0.15, 0.2) is 53.4 Å². The summed E-state index contributed by atoms with van der Waals surface area (Å²) in [5.41, 5.74) is 0.0875. The van der Waals surface area contributed by atoms with Gasteiger partial charge in [0.1, 0.15) is 11.0 Å². The first-order valence-electron chi connectivity index (χ1n) is 6.69. The van der Waals surface area contributed by atoms with Crippen molar-refractivity contribution >= 4 is 21.6 Å². The maximum Gasteiger partial charge on any atom is 0.311 e. The van der Waals surface area contributed by atoms with Crippen LogP contribution in [0.25, 0.3) is 6.08 Å². The van der Waals surface area contributed by atoms with Crippen molar-refractivity contribution in [2.45, 2.75) is 5.75 Å². The maximum absolute atomic E-state index is 12.3. The summed E-state index contributed by atoms with van der Waals surface area (Å²) in [7, 11) is -3.90. The van der Waals surface area contributed by atoms with E-state index < -0.39 is 31.1 Å². The van der Waals surface area contributed by atoms with E-state index in [-0.39, 0.29) is 11.3 Å². The summed E-state index contributed by atoms with van der Waals surface area (Å²) in [5, 5.41) is 29.4. The van der Waals surface area contributed by atoms with Gasteiger partial charge in [-0.2, -0.15) is 5.26 Å². The largest absolute Gasteiger partial charge is 0.502 e. The smallest absolute Gasteiger partial charge is 0.311 e. The normalized spacial score (nSPS) is 11.7. The van der Waals surface area contributed by atoms with Crippen molar-refractivity contribution in [2.24, 2.45) is 0 Å². The van der Waals surface area contributed by atoms with Crippen molar-refractivity contribution < 1.29 is 18.4 Å². The molecule has 0 amide bonds. The number of phenolic OH excluding ortho intramolecular Hbond substituents is 1. The second kappa shape index (κ2) is 6.93. The van der Waals surface area contributed by atoms with Crippen molar-refractivity contribution in [3.05, 3.63) is 74.7 Å².